The van der Waals surface area contributed by atoms with Gasteiger partial charge in [0.2, 0.25) is 5.88 Å². The van der Waals surface area contributed by atoms with Crippen LogP contribution in [0.5, 0.6) is 5.88 Å². The molecule has 0 unspecified atom stereocenters. The van der Waals surface area contributed by atoms with Crippen molar-refractivity contribution in [3.05, 3.63) is 22.9 Å². The Morgan fingerprint density at radius 2 is 2.33 bits per heavy atom. The van der Waals surface area contributed by atoms with Gasteiger partial charge in [0.25, 0.3) is 0 Å². The van der Waals surface area contributed by atoms with Crippen molar-refractivity contribution in [1.82, 2.24) is 14.6 Å². The summed E-state index contributed by atoms with van der Waals surface area (Å²) in [5, 5.41) is 7.64. The average molecular weight is 228 g/mol. The zero-order valence-electron chi connectivity index (χ0n) is 6.36. The topological polar surface area (TPSA) is 39.4 Å². The fourth-order valence-electron chi connectivity index (χ4n) is 1.04. The summed E-state index contributed by atoms with van der Waals surface area (Å²) >= 11 is 3.36. The summed E-state index contributed by atoms with van der Waals surface area (Å²) in [4.78, 5) is 0. The second-order valence-electron chi connectivity index (χ2n) is 2.25. The lowest BCUT2D eigenvalue weighted by Gasteiger charge is -2.03. The number of halogens is 1. The normalized spacial score (nSPS) is 10.5. The number of aromatic nitrogens is 3. The Morgan fingerprint density at radius 3 is 3.08 bits per heavy atom. The highest BCUT2D eigenvalue weighted by atomic mass is 79.9. The number of hydrogen-bond donors (Lipinski definition) is 0. The SMILES string of the molecule is COc1c(Br)ccc2nncn12. The van der Waals surface area contributed by atoms with Gasteiger partial charge in [-0.15, -0.1) is 10.2 Å². The van der Waals surface area contributed by atoms with Crippen LogP contribution in [0.25, 0.3) is 5.65 Å². The third kappa shape index (κ3) is 0.972. The Bertz CT molecular complexity index is 412. The minimum absolute atomic E-state index is 0.706. The van der Waals surface area contributed by atoms with Gasteiger partial charge in [0.15, 0.2) is 5.65 Å². The monoisotopic (exact) mass is 227 g/mol. The van der Waals surface area contributed by atoms with Crippen LogP contribution < -0.4 is 4.74 Å². The molecule has 2 aromatic rings. The fraction of sp³-hybridized carbons (Fsp3) is 0.143. The van der Waals surface area contributed by atoms with Crippen LogP contribution in [0.15, 0.2) is 22.9 Å². The van der Waals surface area contributed by atoms with Crippen LogP contribution in [0.2, 0.25) is 0 Å². The molecule has 0 radical (unpaired) electrons. The molecule has 0 saturated carbocycles. The van der Waals surface area contributed by atoms with Crippen molar-refractivity contribution < 1.29 is 4.74 Å². The molecule has 12 heavy (non-hydrogen) atoms. The van der Waals surface area contributed by atoms with Gasteiger partial charge in [-0.05, 0) is 28.1 Å². The van der Waals surface area contributed by atoms with Crippen molar-refractivity contribution in [2.75, 3.05) is 7.11 Å². The molecule has 5 heteroatoms. The molecule has 0 atom stereocenters. The predicted molar refractivity (Wildman–Crippen MR) is 47.2 cm³/mol. The summed E-state index contributed by atoms with van der Waals surface area (Å²) in [7, 11) is 1.61. The summed E-state index contributed by atoms with van der Waals surface area (Å²) in [6.07, 6.45) is 1.61. The predicted octanol–water partition coefficient (Wildman–Crippen LogP) is 1.50. The first kappa shape index (κ1) is 7.54. The minimum atomic E-state index is 0.706. The maximum atomic E-state index is 5.15. The highest BCUT2D eigenvalue weighted by molar-refractivity contribution is 9.10. The summed E-state index contributed by atoms with van der Waals surface area (Å²) in [6, 6.07) is 3.74. The third-order valence-electron chi connectivity index (χ3n) is 1.57. The van der Waals surface area contributed by atoms with Crippen LogP contribution in [0.4, 0.5) is 0 Å². The maximum Gasteiger partial charge on any atom is 0.215 e. The van der Waals surface area contributed by atoms with Crippen molar-refractivity contribution >= 4 is 21.6 Å². The Labute approximate surface area is 77.3 Å². The van der Waals surface area contributed by atoms with E-state index in [-0.39, 0.29) is 0 Å². The number of fused-ring (bicyclic) bond motifs is 1. The molecule has 2 rings (SSSR count). The lowest BCUT2D eigenvalue weighted by molar-refractivity contribution is 0.389. The number of pyridine rings is 1. The first-order chi connectivity index (χ1) is 5.83. The van der Waals surface area contributed by atoms with Crippen molar-refractivity contribution in [2.45, 2.75) is 0 Å². The molecular formula is C7H6BrN3O. The molecule has 0 bridgehead atoms. The van der Waals surface area contributed by atoms with Crippen molar-refractivity contribution in [2.24, 2.45) is 0 Å². The molecule has 0 spiro atoms. The number of rotatable bonds is 1. The van der Waals surface area contributed by atoms with E-state index < -0.39 is 0 Å². The maximum absolute atomic E-state index is 5.15. The van der Waals surface area contributed by atoms with Gasteiger partial charge in [0, 0.05) is 0 Å². The van der Waals surface area contributed by atoms with Crippen LogP contribution in [0, 0.1) is 0 Å². The van der Waals surface area contributed by atoms with E-state index in [4.69, 9.17) is 4.74 Å². The fourth-order valence-corrected chi connectivity index (χ4v) is 1.53. The van der Waals surface area contributed by atoms with Gasteiger partial charge in [-0.1, -0.05) is 0 Å². The molecule has 4 nitrogen and oxygen atoms in total. The third-order valence-corrected chi connectivity index (χ3v) is 2.17. The van der Waals surface area contributed by atoms with Gasteiger partial charge in [0.05, 0.1) is 11.6 Å². The van der Waals surface area contributed by atoms with Crippen LogP contribution in [0.1, 0.15) is 0 Å². The highest BCUT2D eigenvalue weighted by Crippen LogP contribution is 2.24. The van der Waals surface area contributed by atoms with Crippen molar-refractivity contribution in [3.8, 4) is 5.88 Å². The summed E-state index contributed by atoms with van der Waals surface area (Å²) in [5.41, 5.74) is 0.773. The van der Waals surface area contributed by atoms with E-state index in [9.17, 15) is 0 Å². The van der Waals surface area contributed by atoms with E-state index in [2.05, 4.69) is 26.1 Å². The lowest BCUT2D eigenvalue weighted by Crippen LogP contribution is -1.93. The Hall–Kier alpha value is -1.10. The van der Waals surface area contributed by atoms with Gasteiger partial charge in [0.1, 0.15) is 6.33 Å². The largest absolute Gasteiger partial charge is 0.481 e. The zero-order chi connectivity index (χ0) is 8.55. The summed E-state index contributed by atoms with van der Waals surface area (Å²) in [6.45, 7) is 0. The van der Waals surface area contributed by atoms with Gasteiger partial charge in [-0.3, -0.25) is 4.40 Å². The van der Waals surface area contributed by atoms with E-state index >= 15 is 0 Å². The highest BCUT2D eigenvalue weighted by Gasteiger charge is 2.05. The molecule has 0 aliphatic carbocycles. The van der Waals surface area contributed by atoms with Crippen molar-refractivity contribution in [3.63, 3.8) is 0 Å². The van der Waals surface area contributed by atoms with Crippen LogP contribution in [0.3, 0.4) is 0 Å². The molecule has 0 aliphatic rings. The van der Waals surface area contributed by atoms with Gasteiger partial charge in [-0.2, -0.15) is 0 Å². The molecular weight excluding hydrogens is 222 g/mol. The van der Waals surface area contributed by atoms with Gasteiger partial charge in [-0.25, -0.2) is 0 Å². The van der Waals surface area contributed by atoms with Gasteiger partial charge >= 0.3 is 0 Å². The van der Waals surface area contributed by atoms with Crippen LogP contribution >= 0.6 is 15.9 Å². The zero-order valence-corrected chi connectivity index (χ0v) is 7.95. The summed E-state index contributed by atoms with van der Waals surface area (Å²) in [5.74, 6) is 0.706. The first-order valence-electron chi connectivity index (χ1n) is 3.35. The molecule has 2 heterocycles. The van der Waals surface area contributed by atoms with E-state index in [1.165, 1.54) is 0 Å². The standard InChI is InChI=1S/C7H6BrN3O/c1-12-7-5(8)2-3-6-10-9-4-11(6)7/h2-4H,1H3. The smallest absolute Gasteiger partial charge is 0.215 e. The minimum Gasteiger partial charge on any atom is -0.481 e. The number of ether oxygens (including phenoxy) is 1. The molecule has 0 N–H and O–H groups in total. The second kappa shape index (κ2) is 2.75. The van der Waals surface area contributed by atoms with Crippen molar-refractivity contribution in [1.29, 1.82) is 0 Å². The second-order valence-corrected chi connectivity index (χ2v) is 3.10. The Kier molecular flexibility index (Phi) is 1.73. The number of nitrogens with zero attached hydrogens (tertiary/aromatic N) is 3. The first-order valence-corrected chi connectivity index (χ1v) is 4.14. The quantitative estimate of drug-likeness (QED) is 0.742. The average Bonchev–Trinajstić information content (AvgIpc) is 2.52. The van der Waals surface area contributed by atoms with E-state index in [0.29, 0.717) is 5.88 Å². The molecule has 0 amide bonds. The Balaban J connectivity index is 2.83. The van der Waals surface area contributed by atoms with E-state index in [1.54, 1.807) is 17.8 Å². The molecule has 62 valence electrons. The Morgan fingerprint density at radius 1 is 1.50 bits per heavy atom. The van der Waals surface area contributed by atoms with E-state index in [1.807, 2.05) is 12.1 Å². The van der Waals surface area contributed by atoms with E-state index in [0.717, 1.165) is 10.1 Å². The molecule has 0 fully saturated rings. The molecule has 2 aromatic heterocycles. The molecule has 0 aromatic carbocycles. The molecule has 0 saturated heterocycles. The molecule has 0 aliphatic heterocycles. The lowest BCUT2D eigenvalue weighted by atomic mass is 10.4. The summed E-state index contributed by atoms with van der Waals surface area (Å²) < 4.78 is 7.81. The number of hydrogen-bond acceptors (Lipinski definition) is 3. The number of methoxy groups -OCH3 is 1. The van der Waals surface area contributed by atoms with Crippen LogP contribution in [-0.4, -0.2) is 21.7 Å². The van der Waals surface area contributed by atoms with Crippen LogP contribution in [-0.2, 0) is 0 Å². The van der Waals surface area contributed by atoms with Gasteiger partial charge < -0.3 is 4.74 Å².